The minimum Gasteiger partial charge on any atom is -0.452 e. The van der Waals surface area contributed by atoms with Gasteiger partial charge in [0.15, 0.2) is 6.10 Å². The van der Waals surface area contributed by atoms with Crippen molar-refractivity contribution >= 4 is 46.8 Å². The van der Waals surface area contributed by atoms with Gasteiger partial charge in [0.25, 0.3) is 23.4 Å². The Balaban J connectivity index is 1.57. The standard InChI is InChI=1S/C19H15ClN4O7/c1-10(17(26)22-14-6-5-11(20)9-21-14)31-15(25)7-8-23-18(27)12-3-2-4-13(24(29)30)16(12)19(23)28/h2-6,9-10H,7-8H2,1H3,(H,21,22,26). The van der Waals surface area contributed by atoms with E-state index in [4.69, 9.17) is 16.3 Å². The lowest BCUT2D eigenvalue weighted by molar-refractivity contribution is -0.385. The summed E-state index contributed by atoms with van der Waals surface area (Å²) in [6.45, 7) is 0.990. The molecule has 0 aliphatic carbocycles. The van der Waals surface area contributed by atoms with E-state index < -0.39 is 46.8 Å². The Labute approximate surface area is 180 Å². The second-order valence-electron chi connectivity index (χ2n) is 6.45. The Morgan fingerprint density at radius 3 is 2.65 bits per heavy atom. The first-order valence-corrected chi connectivity index (χ1v) is 9.32. The first kappa shape index (κ1) is 21.8. The molecule has 3 amide bonds. The molecule has 0 fully saturated rings. The van der Waals surface area contributed by atoms with Crippen molar-refractivity contribution in [1.82, 2.24) is 9.88 Å². The van der Waals surface area contributed by atoms with Gasteiger partial charge < -0.3 is 10.1 Å². The number of imide groups is 1. The molecule has 0 bridgehead atoms. The monoisotopic (exact) mass is 446 g/mol. The summed E-state index contributed by atoms with van der Waals surface area (Å²) in [7, 11) is 0. The van der Waals surface area contributed by atoms with E-state index >= 15 is 0 Å². The molecule has 0 radical (unpaired) electrons. The van der Waals surface area contributed by atoms with E-state index in [1.165, 1.54) is 37.4 Å². The van der Waals surface area contributed by atoms with Crippen LogP contribution in [0.25, 0.3) is 0 Å². The molecule has 1 aromatic carbocycles. The lowest BCUT2D eigenvalue weighted by Gasteiger charge is -2.15. The van der Waals surface area contributed by atoms with Gasteiger partial charge in [0.2, 0.25) is 0 Å². The molecule has 31 heavy (non-hydrogen) atoms. The molecule has 0 saturated carbocycles. The number of nitrogens with one attached hydrogen (secondary N) is 1. The number of ether oxygens (including phenoxy) is 1. The third-order valence-corrected chi connectivity index (χ3v) is 4.59. The van der Waals surface area contributed by atoms with Crippen molar-refractivity contribution in [2.24, 2.45) is 0 Å². The van der Waals surface area contributed by atoms with Crippen LogP contribution in [0.3, 0.4) is 0 Å². The van der Waals surface area contributed by atoms with Crippen molar-refractivity contribution in [3.8, 4) is 0 Å². The van der Waals surface area contributed by atoms with Gasteiger partial charge >= 0.3 is 5.97 Å². The molecule has 1 N–H and O–H groups in total. The minimum atomic E-state index is -1.17. The van der Waals surface area contributed by atoms with E-state index in [0.29, 0.717) is 5.02 Å². The normalized spacial score (nSPS) is 13.5. The predicted molar refractivity (Wildman–Crippen MR) is 107 cm³/mol. The second kappa shape index (κ2) is 8.88. The van der Waals surface area contributed by atoms with Gasteiger partial charge in [-0.3, -0.25) is 34.2 Å². The Morgan fingerprint density at radius 2 is 2.00 bits per heavy atom. The third kappa shape index (κ3) is 4.67. The second-order valence-corrected chi connectivity index (χ2v) is 6.89. The zero-order chi connectivity index (χ0) is 22.7. The number of halogens is 1. The Kier molecular flexibility index (Phi) is 6.25. The van der Waals surface area contributed by atoms with Crippen LogP contribution in [0.1, 0.15) is 34.1 Å². The number of hydrogen-bond donors (Lipinski definition) is 1. The van der Waals surface area contributed by atoms with Crippen molar-refractivity contribution in [2.75, 3.05) is 11.9 Å². The van der Waals surface area contributed by atoms with Crippen LogP contribution in [0.4, 0.5) is 11.5 Å². The van der Waals surface area contributed by atoms with Crippen LogP contribution in [0.5, 0.6) is 0 Å². The van der Waals surface area contributed by atoms with Crippen molar-refractivity contribution in [3.63, 3.8) is 0 Å². The molecule has 1 atom stereocenters. The van der Waals surface area contributed by atoms with E-state index in [9.17, 15) is 29.3 Å². The molecule has 11 nitrogen and oxygen atoms in total. The summed E-state index contributed by atoms with van der Waals surface area (Å²) >= 11 is 5.71. The number of amides is 3. The molecule has 2 aromatic rings. The molecule has 0 saturated heterocycles. The minimum absolute atomic E-state index is 0.101. The number of fused-ring (bicyclic) bond motifs is 1. The largest absolute Gasteiger partial charge is 0.452 e. The summed E-state index contributed by atoms with van der Waals surface area (Å²) in [6.07, 6.45) is -0.232. The summed E-state index contributed by atoms with van der Waals surface area (Å²) < 4.78 is 5.02. The van der Waals surface area contributed by atoms with Gasteiger partial charge in [-0.1, -0.05) is 17.7 Å². The van der Waals surface area contributed by atoms with Gasteiger partial charge in [-0.05, 0) is 25.1 Å². The van der Waals surface area contributed by atoms with Gasteiger partial charge in [-0.25, -0.2) is 4.98 Å². The molecular formula is C19H15ClN4O7. The molecule has 1 unspecified atom stereocenters. The Morgan fingerprint density at radius 1 is 1.26 bits per heavy atom. The van der Waals surface area contributed by atoms with Crippen LogP contribution in [0.2, 0.25) is 5.02 Å². The number of nitro groups is 1. The summed E-state index contributed by atoms with van der Waals surface area (Å²) in [6, 6.07) is 6.72. The van der Waals surface area contributed by atoms with Crippen molar-refractivity contribution in [3.05, 3.63) is 62.8 Å². The van der Waals surface area contributed by atoms with Gasteiger partial charge in [0, 0.05) is 18.8 Å². The van der Waals surface area contributed by atoms with Crippen LogP contribution in [0, 0.1) is 10.1 Å². The molecule has 1 aliphatic rings. The van der Waals surface area contributed by atoms with E-state index in [2.05, 4.69) is 10.3 Å². The van der Waals surface area contributed by atoms with Crippen LogP contribution < -0.4 is 5.32 Å². The number of esters is 1. The fraction of sp³-hybridized carbons (Fsp3) is 0.211. The summed E-state index contributed by atoms with van der Waals surface area (Å²) in [5, 5.41) is 13.9. The van der Waals surface area contributed by atoms with Crippen molar-refractivity contribution < 1.29 is 28.8 Å². The molecule has 12 heteroatoms. The van der Waals surface area contributed by atoms with Crippen molar-refractivity contribution in [2.45, 2.75) is 19.4 Å². The number of nitrogens with zero attached hydrogens (tertiary/aromatic N) is 3. The van der Waals surface area contributed by atoms with Gasteiger partial charge in [0.05, 0.1) is 21.9 Å². The molecule has 2 heterocycles. The molecule has 3 rings (SSSR count). The number of aromatic nitrogens is 1. The summed E-state index contributed by atoms with van der Waals surface area (Å²) in [5.41, 5.74) is -0.896. The van der Waals surface area contributed by atoms with E-state index in [1.54, 1.807) is 0 Å². The topological polar surface area (TPSA) is 149 Å². The third-order valence-electron chi connectivity index (χ3n) is 4.37. The first-order chi connectivity index (χ1) is 14.7. The molecule has 0 spiro atoms. The lowest BCUT2D eigenvalue weighted by atomic mass is 10.1. The maximum atomic E-state index is 12.5. The van der Waals surface area contributed by atoms with E-state index in [1.807, 2.05) is 0 Å². The number of hydrogen-bond acceptors (Lipinski definition) is 8. The average Bonchev–Trinajstić information content (AvgIpc) is 2.98. The highest BCUT2D eigenvalue weighted by atomic mass is 35.5. The fourth-order valence-electron chi connectivity index (χ4n) is 2.86. The predicted octanol–water partition coefficient (Wildman–Crippen LogP) is 2.20. The fourth-order valence-corrected chi connectivity index (χ4v) is 2.97. The number of anilines is 1. The molecule has 1 aliphatic heterocycles. The molecular weight excluding hydrogens is 432 g/mol. The zero-order valence-corrected chi connectivity index (χ0v) is 16.8. The number of rotatable bonds is 7. The van der Waals surface area contributed by atoms with Crippen LogP contribution in [-0.4, -0.2) is 51.1 Å². The van der Waals surface area contributed by atoms with Gasteiger partial charge in [0.1, 0.15) is 11.4 Å². The Hall–Kier alpha value is -3.86. The molecule has 160 valence electrons. The lowest BCUT2D eigenvalue weighted by Crippen LogP contribution is -2.34. The van der Waals surface area contributed by atoms with Crippen molar-refractivity contribution in [1.29, 1.82) is 0 Å². The number of nitro benzene ring substituents is 1. The van der Waals surface area contributed by atoms with Gasteiger partial charge in [-0.15, -0.1) is 0 Å². The van der Waals surface area contributed by atoms with Crippen LogP contribution in [0.15, 0.2) is 36.5 Å². The van der Waals surface area contributed by atoms with E-state index in [-0.39, 0.29) is 23.5 Å². The summed E-state index contributed by atoms with van der Waals surface area (Å²) in [4.78, 5) is 64.1. The summed E-state index contributed by atoms with van der Waals surface area (Å²) in [5.74, 6) is -2.86. The number of carbonyl (C=O) groups is 4. The number of carbonyl (C=O) groups excluding carboxylic acids is 4. The number of benzene rings is 1. The van der Waals surface area contributed by atoms with Gasteiger partial charge in [-0.2, -0.15) is 0 Å². The Bertz CT molecular complexity index is 1090. The highest BCUT2D eigenvalue weighted by Crippen LogP contribution is 2.30. The molecule has 1 aromatic heterocycles. The quantitative estimate of drug-likeness (QED) is 0.294. The highest BCUT2D eigenvalue weighted by Gasteiger charge is 2.40. The van der Waals surface area contributed by atoms with Crippen LogP contribution in [-0.2, 0) is 14.3 Å². The SMILES string of the molecule is CC(OC(=O)CCN1C(=O)c2cccc([N+](=O)[O-])c2C1=O)C(=O)Nc1ccc(Cl)cn1. The van der Waals surface area contributed by atoms with Crippen LogP contribution >= 0.6 is 11.6 Å². The first-order valence-electron chi connectivity index (χ1n) is 8.94. The average molecular weight is 447 g/mol. The van der Waals surface area contributed by atoms with E-state index in [0.717, 1.165) is 11.0 Å². The highest BCUT2D eigenvalue weighted by molar-refractivity contribution is 6.30. The number of pyridine rings is 1. The maximum Gasteiger partial charge on any atom is 0.308 e. The maximum absolute atomic E-state index is 12.5. The smallest absolute Gasteiger partial charge is 0.308 e. The zero-order valence-electron chi connectivity index (χ0n) is 16.0.